The maximum absolute atomic E-state index is 5.22. The molecule has 2 aromatic heterocycles. The molecule has 1 atom stereocenters. The van der Waals surface area contributed by atoms with Crippen molar-refractivity contribution >= 4 is 6.21 Å². The molecule has 0 unspecified atom stereocenters. The van der Waals surface area contributed by atoms with Gasteiger partial charge in [-0.25, -0.2) is 0 Å². The fourth-order valence-corrected chi connectivity index (χ4v) is 1.15. The summed E-state index contributed by atoms with van der Waals surface area (Å²) in [7, 11) is 0. The van der Waals surface area contributed by atoms with Crippen molar-refractivity contribution in [3.63, 3.8) is 0 Å². The van der Waals surface area contributed by atoms with Gasteiger partial charge in [0.05, 0.1) is 18.7 Å². The van der Waals surface area contributed by atoms with Crippen LogP contribution >= 0.6 is 0 Å². The molecule has 0 N–H and O–H groups in total. The van der Waals surface area contributed by atoms with E-state index in [1.165, 1.54) is 0 Å². The van der Waals surface area contributed by atoms with Gasteiger partial charge >= 0.3 is 0 Å². The third-order valence-corrected chi connectivity index (χ3v) is 1.92. The molecule has 0 saturated carbocycles. The van der Waals surface area contributed by atoms with Crippen LogP contribution in [0.5, 0.6) is 0 Å². The first-order valence-electron chi connectivity index (χ1n) is 4.46. The van der Waals surface area contributed by atoms with Gasteiger partial charge in [0.25, 0.3) is 0 Å². The van der Waals surface area contributed by atoms with Crippen LogP contribution in [0.25, 0.3) is 0 Å². The van der Waals surface area contributed by atoms with Crippen molar-refractivity contribution in [3.05, 3.63) is 48.3 Å². The lowest BCUT2D eigenvalue weighted by Gasteiger charge is -1.99. The van der Waals surface area contributed by atoms with E-state index in [9.17, 15) is 0 Å². The Hall–Kier alpha value is -1.77. The highest BCUT2D eigenvalue weighted by atomic mass is 16.3. The molecule has 0 radical (unpaired) electrons. The number of hydrogen-bond acceptors (Lipinski definition) is 3. The largest absolute Gasteiger partial charge is 0.467 e. The van der Waals surface area contributed by atoms with E-state index in [4.69, 9.17) is 8.83 Å². The van der Waals surface area contributed by atoms with Crippen LogP contribution in [0.2, 0.25) is 0 Å². The van der Waals surface area contributed by atoms with Crippen molar-refractivity contribution in [2.24, 2.45) is 4.99 Å². The average Bonchev–Trinajstić information content (AvgIpc) is 2.87. The first-order chi connectivity index (χ1) is 6.86. The van der Waals surface area contributed by atoms with E-state index < -0.39 is 0 Å². The molecule has 3 heteroatoms. The Morgan fingerprint density at radius 3 is 2.64 bits per heavy atom. The number of rotatable bonds is 3. The fourth-order valence-electron chi connectivity index (χ4n) is 1.15. The van der Waals surface area contributed by atoms with E-state index >= 15 is 0 Å². The summed E-state index contributed by atoms with van der Waals surface area (Å²) in [5.41, 5.74) is 0. The second-order valence-electron chi connectivity index (χ2n) is 2.98. The lowest BCUT2D eigenvalue weighted by molar-refractivity contribution is 0.481. The number of nitrogens with zero attached hydrogens (tertiary/aromatic N) is 1. The molecule has 2 aromatic rings. The van der Waals surface area contributed by atoms with Crippen LogP contribution in [0.1, 0.15) is 24.5 Å². The third-order valence-electron chi connectivity index (χ3n) is 1.92. The van der Waals surface area contributed by atoms with Crippen molar-refractivity contribution in [3.8, 4) is 0 Å². The molecule has 0 aliphatic heterocycles. The van der Waals surface area contributed by atoms with Gasteiger partial charge in [0, 0.05) is 0 Å². The average molecular weight is 189 g/mol. The summed E-state index contributed by atoms with van der Waals surface area (Å²) in [6, 6.07) is 7.48. The summed E-state index contributed by atoms with van der Waals surface area (Å²) in [6.07, 6.45) is 4.97. The SMILES string of the molecule is C[C@H](N=Cc1ccco1)c1ccco1. The molecule has 0 aromatic carbocycles. The predicted octanol–water partition coefficient (Wildman–Crippen LogP) is 3.05. The van der Waals surface area contributed by atoms with E-state index in [1.807, 2.05) is 31.2 Å². The van der Waals surface area contributed by atoms with Gasteiger partial charge in [0.15, 0.2) is 0 Å². The first-order valence-corrected chi connectivity index (χ1v) is 4.46. The zero-order valence-corrected chi connectivity index (χ0v) is 7.88. The van der Waals surface area contributed by atoms with Crippen LogP contribution in [0, 0.1) is 0 Å². The monoisotopic (exact) mass is 189 g/mol. The Labute approximate surface area is 82.1 Å². The molecule has 0 saturated heterocycles. The number of aliphatic imine (C=N–C) groups is 1. The van der Waals surface area contributed by atoms with Gasteiger partial charge in [-0.05, 0) is 31.2 Å². The summed E-state index contributed by atoms with van der Waals surface area (Å²) < 4.78 is 10.3. The van der Waals surface area contributed by atoms with Crippen molar-refractivity contribution in [1.29, 1.82) is 0 Å². The molecule has 0 bridgehead atoms. The van der Waals surface area contributed by atoms with E-state index in [0.29, 0.717) is 0 Å². The normalized spacial score (nSPS) is 13.5. The predicted molar refractivity (Wildman–Crippen MR) is 53.4 cm³/mol. The van der Waals surface area contributed by atoms with E-state index in [0.717, 1.165) is 11.5 Å². The number of hydrogen-bond donors (Lipinski definition) is 0. The molecule has 0 amide bonds. The van der Waals surface area contributed by atoms with Crippen LogP contribution in [0.4, 0.5) is 0 Å². The molecule has 2 rings (SSSR count). The van der Waals surface area contributed by atoms with Crippen LogP contribution in [-0.4, -0.2) is 6.21 Å². The molecule has 0 aliphatic rings. The summed E-state index contributed by atoms with van der Waals surface area (Å²) in [5, 5.41) is 0. The van der Waals surface area contributed by atoms with Gasteiger partial charge in [0.1, 0.15) is 17.6 Å². The standard InChI is InChI=1S/C11H11NO2/c1-9(11-5-3-7-14-11)12-8-10-4-2-6-13-10/h2-9H,1H3/t9-/m0/s1. The van der Waals surface area contributed by atoms with Gasteiger partial charge in [-0.3, -0.25) is 4.99 Å². The molecule has 0 spiro atoms. The molecule has 0 aliphatic carbocycles. The van der Waals surface area contributed by atoms with Gasteiger partial charge in [-0.15, -0.1) is 0 Å². The van der Waals surface area contributed by atoms with Gasteiger partial charge < -0.3 is 8.83 Å². The lowest BCUT2D eigenvalue weighted by Crippen LogP contribution is -1.87. The Kier molecular flexibility index (Phi) is 2.49. The Morgan fingerprint density at radius 1 is 1.21 bits per heavy atom. The summed E-state index contributed by atoms with van der Waals surface area (Å²) in [6.45, 7) is 1.97. The van der Waals surface area contributed by atoms with Crippen molar-refractivity contribution < 1.29 is 8.83 Å². The van der Waals surface area contributed by atoms with Crippen LogP contribution < -0.4 is 0 Å². The highest BCUT2D eigenvalue weighted by Crippen LogP contribution is 2.16. The van der Waals surface area contributed by atoms with Crippen molar-refractivity contribution in [1.82, 2.24) is 0 Å². The lowest BCUT2D eigenvalue weighted by atomic mass is 10.3. The topological polar surface area (TPSA) is 38.6 Å². The molecule has 0 fully saturated rings. The van der Waals surface area contributed by atoms with E-state index in [-0.39, 0.29) is 6.04 Å². The quantitative estimate of drug-likeness (QED) is 0.696. The van der Waals surface area contributed by atoms with Crippen LogP contribution in [-0.2, 0) is 0 Å². The molecular formula is C11H11NO2. The minimum absolute atomic E-state index is 0.0232. The zero-order chi connectivity index (χ0) is 9.80. The van der Waals surface area contributed by atoms with Crippen LogP contribution in [0.3, 0.4) is 0 Å². The number of furan rings is 2. The minimum atomic E-state index is 0.0232. The minimum Gasteiger partial charge on any atom is -0.467 e. The maximum atomic E-state index is 5.22. The highest BCUT2D eigenvalue weighted by Gasteiger charge is 2.04. The van der Waals surface area contributed by atoms with Gasteiger partial charge in [-0.2, -0.15) is 0 Å². The maximum Gasteiger partial charge on any atom is 0.144 e. The summed E-state index contributed by atoms with van der Waals surface area (Å²) in [5.74, 6) is 1.61. The van der Waals surface area contributed by atoms with E-state index in [1.54, 1.807) is 18.7 Å². The Bertz CT molecular complexity index is 387. The molecule has 72 valence electrons. The van der Waals surface area contributed by atoms with Gasteiger partial charge in [0.2, 0.25) is 0 Å². The van der Waals surface area contributed by atoms with Crippen molar-refractivity contribution in [2.45, 2.75) is 13.0 Å². The van der Waals surface area contributed by atoms with Gasteiger partial charge in [-0.1, -0.05) is 0 Å². The van der Waals surface area contributed by atoms with E-state index in [2.05, 4.69) is 4.99 Å². The molecular weight excluding hydrogens is 178 g/mol. The smallest absolute Gasteiger partial charge is 0.144 e. The summed E-state index contributed by atoms with van der Waals surface area (Å²) in [4.78, 5) is 4.30. The summed E-state index contributed by atoms with van der Waals surface area (Å²) >= 11 is 0. The Balaban J connectivity index is 2.05. The van der Waals surface area contributed by atoms with Crippen molar-refractivity contribution in [2.75, 3.05) is 0 Å². The second kappa shape index (κ2) is 3.96. The molecule has 2 heterocycles. The Morgan fingerprint density at radius 2 is 2.00 bits per heavy atom. The second-order valence-corrected chi connectivity index (χ2v) is 2.98. The van der Waals surface area contributed by atoms with Crippen LogP contribution in [0.15, 0.2) is 50.6 Å². The molecule has 3 nitrogen and oxygen atoms in total. The fraction of sp³-hybridized carbons (Fsp3) is 0.182. The molecule has 14 heavy (non-hydrogen) atoms. The zero-order valence-electron chi connectivity index (χ0n) is 7.88. The highest BCUT2D eigenvalue weighted by molar-refractivity contribution is 5.75. The first kappa shape index (κ1) is 8.81. The third kappa shape index (κ3) is 1.93.